The van der Waals surface area contributed by atoms with Crippen LogP contribution in [0, 0.1) is 13.8 Å². The summed E-state index contributed by atoms with van der Waals surface area (Å²) in [7, 11) is 0. The third-order valence-electron chi connectivity index (χ3n) is 3.54. The Bertz CT molecular complexity index is 607. The lowest BCUT2D eigenvalue weighted by Gasteiger charge is -2.25. The van der Waals surface area contributed by atoms with Crippen LogP contribution in [0.25, 0.3) is 0 Å². The normalized spacial score (nSPS) is 10.5. The summed E-state index contributed by atoms with van der Waals surface area (Å²) in [6.45, 7) is 9.05. The molecule has 0 bridgehead atoms. The van der Waals surface area contributed by atoms with E-state index in [4.69, 9.17) is 5.84 Å². The average molecular weight is 285 g/mol. The Balaban J connectivity index is 2.53. The first kappa shape index (κ1) is 15.3. The highest BCUT2D eigenvalue weighted by molar-refractivity contribution is 5.67. The summed E-state index contributed by atoms with van der Waals surface area (Å²) < 4.78 is 0. The van der Waals surface area contributed by atoms with E-state index >= 15 is 0 Å². The van der Waals surface area contributed by atoms with Crippen molar-refractivity contribution in [1.29, 1.82) is 0 Å². The number of hydrogen-bond acceptors (Lipinski definition) is 5. The number of nitrogen functional groups attached to an aromatic ring is 1. The van der Waals surface area contributed by atoms with Gasteiger partial charge in [0.15, 0.2) is 0 Å². The monoisotopic (exact) mass is 285 g/mol. The fourth-order valence-electron chi connectivity index (χ4n) is 2.29. The van der Waals surface area contributed by atoms with Gasteiger partial charge in [0.2, 0.25) is 0 Å². The van der Waals surface area contributed by atoms with Gasteiger partial charge >= 0.3 is 0 Å². The molecule has 21 heavy (non-hydrogen) atoms. The zero-order valence-electron chi connectivity index (χ0n) is 13.1. The van der Waals surface area contributed by atoms with E-state index in [1.54, 1.807) is 0 Å². The van der Waals surface area contributed by atoms with Gasteiger partial charge in [-0.05, 0) is 32.9 Å². The van der Waals surface area contributed by atoms with Crippen LogP contribution in [0.4, 0.5) is 17.3 Å². The number of anilines is 3. The van der Waals surface area contributed by atoms with Crippen molar-refractivity contribution in [3.8, 4) is 0 Å². The van der Waals surface area contributed by atoms with Crippen molar-refractivity contribution in [3.63, 3.8) is 0 Å². The van der Waals surface area contributed by atoms with Crippen molar-refractivity contribution in [2.45, 2.75) is 34.1 Å². The largest absolute Gasteiger partial charge is 0.326 e. The quantitative estimate of drug-likeness (QED) is 0.652. The Hall–Kier alpha value is -2.14. The summed E-state index contributed by atoms with van der Waals surface area (Å²) in [6, 6.07) is 8.44. The SMILES string of the molecule is CCc1nc(NN)c(C)c(N(CC)c2ccc(C)cc2)n1. The minimum atomic E-state index is 0.683. The van der Waals surface area contributed by atoms with Gasteiger partial charge in [-0.1, -0.05) is 24.6 Å². The van der Waals surface area contributed by atoms with Gasteiger partial charge in [0.1, 0.15) is 17.5 Å². The predicted molar refractivity (Wildman–Crippen MR) is 87.8 cm³/mol. The Morgan fingerprint density at radius 3 is 2.29 bits per heavy atom. The molecular weight excluding hydrogens is 262 g/mol. The van der Waals surface area contributed by atoms with E-state index in [-0.39, 0.29) is 0 Å². The minimum Gasteiger partial charge on any atom is -0.326 e. The molecule has 0 aliphatic carbocycles. The molecule has 0 amide bonds. The first-order chi connectivity index (χ1) is 10.1. The van der Waals surface area contributed by atoms with Crippen molar-refractivity contribution in [1.82, 2.24) is 9.97 Å². The van der Waals surface area contributed by atoms with Crippen LogP contribution >= 0.6 is 0 Å². The van der Waals surface area contributed by atoms with Gasteiger partial charge < -0.3 is 10.3 Å². The Morgan fingerprint density at radius 1 is 1.10 bits per heavy atom. The molecule has 1 heterocycles. The van der Waals surface area contributed by atoms with Gasteiger partial charge in [-0.15, -0.1) is 0 Å². The van der Waals surface area contributed by atoms with Crippen LogP contribution in [-0.4, -0.2) is 16.5 Å². The number of nitrogens with zero attached hydrogens (tertiary/aromatic N) is 3. The summed E-state index contributed by atoms with van der Waals surface area (Å²) >= 11 is 0. The van der Waals surface area contributed by atoms with Crippen molar-refractivity contribution in [3.05, 3.63) is 41.2 Å². The van der Waals surface area contributed by atoms with Gasteiger partial charge in [-0.3, -0.25) is 0 Å². The third-order valence-corrected chi connectivity index (χ3v) is 3.54. The predicted octanol–water partition coefficient (Wildman–Crippen LogP) is 3.10. The zero-order chi connectivity index (χ0) is 15.4. The maximum atomic E-state index is 5.58. The summed E-state index contributed by atoms with van der Waals surface area (Å²) in [6.07, 6.45) is 0.771. The molecule has 0 aliphatic heterocycles. The van der Waals surface area contributed by atoms with Crippen LogP contribution in [0.1, 0.15) is 30.8 Å². The molecule has 5 heteroatoms. The number of benzene rings is 1. The van der Waals surface area contributed by atoms with E-state index in [1.807, 2.05) is 13.8 Å². The van der Waals surface area contributed by atoms with E-state index in [0.717, 1.165) is 35.9 Å². The summed E-state index contributed by atoms with van der Waals surface area (Å²) in [5.41, 5.74) is 5.99. The second kappa shape index (κ2) is 6.54. The smallest absolute Gasteiger partial charge is 0.148 e. The number of hydrogen-bond donors (Lipinski definition) is 2. The number of hydrazine groups is 1. The summed E-state index contributed by atoms with van der Waals surface area (Å²) in [5.74, 6) is 7.96. The molecule has 0 saturated carbocycles. The fourth-order valence-corrected chi connectivity index (χ4v) is 2.29. The molecule has 0 atom stereocenters. The summed E-state index contributed by atoms with van der Waals surface area (Å²) in [4.78, 5) is 11.3. The molecule has 2 rings (SSSR count). The van der Waals surface area contributed by atoms with Gasteiger partial charge in [0.05, 0.1) is 0 Å². The second-order valence-electron chi connectivity index (χ2n) is 5.01. The van der Waals surface area contributed by atoms with Crippen molar-refractivity contribution in [2.75, 3.05) is 16.9 Å². The van der Waals surface area contributed by atoms with Crippen molar-refractivity contribution < 1.29 is 0 Å². The highest BCUT2D eigenvalue weighted by Crippen LogP contribution is 2.29. The maximum absolute atomic E-state index is 5.58. The second-order valence-corrected chi connectivity index (χ2v) is 5.01. The van der Waals surface area contributed by atoms with E-state index in [0.29, 0.717) is 5.82 Å². The van der Waals surface area contributed by atoms with E-state index in [2.05, 4.69) is 58.4 Å². The first-order valence-corrected chi connectivity index (χ1v) is 7.29. The molecule has 1 aromatic heterocycles. The maximum Gasteiger partial charge on any atom is 0.148 e. The fraction of sp³-hybridized carbons (Fsp3) is 0.375. The molecule has 0 spiro atoms. The van der Waals surface area contributed by atoms with Crippen LogP contribution < -0.4 is 16.2 Å². The van der Waals surface area contributed by atoms with Crippen LogP contribution in [-0.2, 0) is 6.42 Å². The Labute approximate surface area is 126 Å². The zero-order valence-corrected chi connectivity index (χ0v) is 13.1. The van der Waals surface area contributed by atoms with Crippen LogP contribution in [0.5, 0.6) is 0 Å². The van der Waals surface area contributed by atoms with Gasteiger partial charge in [0, 0.05) is 24.2 Å². The number of nitrogens with two attached hydrogens (primary N) is 1. The van der Waals surface area contributed by atoms with E-state index in [1.165, 1.54) is 5.56 Å². The van der Waals surface area contributed by atoms with Gasteiger partial charge in [0.25, 0.3) is 0 Å². The van der Waals surface area contributed by atoms with Crippen LogP contribution in [0.3, 0.4) is 0 Å². The van der Waals surface area contributed by atoms with Crippen molar-refractivity contribution >= 4 is 17.3 Å². The van der Waals surface area contributed by atoms with E-state index in [9.17, 15) is 0 Å². The molecule has 112 valence electrons. The number of aromatic nitrogens is 2. The number of rotatable bonds is 5. The molecular formula is C16H23N5. The molecule has 0 fully saturated rings. The van der Waals surface area contributed by atoms with Crippen LogP contribution in [0.2, 0.25) is 0 Å². The third kappa shape index (κ3) is 3.13. The molecule has 3 N–H and O–H groups in total. The topological polar surface area (TPSA) is 67.1 Å². The molecule has 1 aromatic carbocycles. The lowest BCUT2D eigenvalue weighted by atomic mass is 10.2. The lowest BCUT2D eigenvalue weighted by Crippen LogP contribution is -2.22. The molecule has 2 aromatic rings. The molecule has 5 nitrogen and oxygen atoms in total. The highest BCUT2D eigenvalue weighted by atomic mass is 15.3. The first-order valence-electron chi connectivity index (χ1n) is 7.29. The van der Waals surface area contributed by atoms with Crippen LogP contribution in [0.15, 0.2) is 24.3 Å². The number of nitrogens with one attached hydrogen (secondary N) is 1. The minimum absolute atomic E-state index is 0.683. The standard InChI is InChI=1S/C16H23N5/c1-5-14-18-15(20-17)12(4)16(19-14)21(6-2)13-9-7-11(3)8-10-13/h7-10H,5-6,17H2,1-4H3,(H,18,19,20). The molecule has 0 saturated heterocycles. The van der Waals surface area contributed by atoms with Gasteiger partial charge in [-0.2, -0.15) is 0 Å². The molecule has 0 radical (unpaired) electrons. The van der Waals surface area contributed by atoms with Crippen molar-refractivity contribution in [2.24, 2.45) is 5.84 Å². The highest BCUT2D eigenvalue weighted by Gasteiger charge is 2.16. The van der Waals surface area contributed by atoms with E-state index < -0.39 is 0 Å². The van der Waals surface area contributed by atoms with Gasteiger partial charge in [-0.25, -0.2) is 15.8 Å². The average Bonchev–Trinajstić information content (AvgIpc) is 2.51. The Kier molecular flexibility index (Phi) is 4.75. The molecule has 0 aliphatic rings. The number of aryl methyl sites for hydroxylation is 2. The molecule has 0 unspecified atom stereocenters. The summed E-state index contributed by atoms with van der Waals surface area (Å²) in [5, 5.41) is 0. The Morgan fingerprint density at radius 2 is 1.76 bits per heavy atom. The lowest BCUT2D eigenvalue weighted by molar-refractivity contribution is 0.891.